The topological polar surface area (TPSA) is 60.1 Å². The van der Waals surface area contributed by atoms with Crippen molar-refractivity contribution in [1.29, 1.82) is 0 Å². The van der Waals surface area contributed by atoms with E-state index in [2.05, 4.69) is 18.9 Å². The lowest BCUT2D eigenvalue weighted by molar-refractivity contribution is -0.132. The number of aromatic nitrogens is 3. The average Bonchev–Trinajstić information content (AvgIpc) is 2.95. The highest BCUT2D eigenvalue weighted by Gasteiger charge is 2.29. The number of carbonyl (C=O) groups is 1. The van der Waals surface area contributed by atoms with Crippen LogP contribution in [0.2, 0.25) is 0 Å². The van der Waals surface area contributed by atoms with Gasteiger partial charge in [-0.1, -0.05) is 32.0 Å². The first-order valence-electron chi connectivity index (χ1n) is 9.46. The van der Waals surface area contributed by atoms with E-state index in [1.807, 2.05) is 35.2 Å². The van der Waals surface area contributed by atoms with Crippen molar-refractivity contribution in [2.24, 2.45) is 13.0 Å². The van der Waals surface area contributed by atoms with E-state index < -0.39 is 0 Å². The van der Waals surface area contributed by atoms with Gasteiger partial charge < -0.3 is 4.90 Å². The van der Waals surface area contributed by atoms with Crippen LogP contribution in [0.4, 0.5) is 0 Å². The number of piperidine rings is 1. The highest BCUT2D eigenvalue weighted by molar-refractivity contribution is 5.76. The number of hydrogen-bond acceptors (Lipinski definition) is 3. The summed E-state index contributed by atoms with van der Waals surface area (Å²) in [5.74, 6) is 1.58. The lowest BCUT2D eigenvalue weighted by Gasteiger charge is -2.32. The molecule has 1 unspecified atom stereocenters. The Morgan fingerprint density at radius 3 is 2.69 bits per heavy atom. The quantitative estimate of drug-likeness (QED) is 0.828. The average molecular weight is 356 g/mol. The van der Waals surface area contributed by atoms with Gasteiger partial charge in [-0.15, -0.1) is 0 Å². The molecule has 1 aliphatic heterocycles. The summed E-state index contributed by atoms with van der Waals surface area (Å²) in [6.45, 7) is 5.72. The SMILES string of the molecule is CC(C)CCC(=O)N1CCCC(c2nn(C)c(=O)n2-c2ccccc2)C1. The number of rotatable bonds is 5. The number of amides is 1. The van der Waals surface area contributed by atoms with E-state index >= 15 is 0 Å². The smallest absolute Gasteiger partial charge is 0.342 e. The van der Waals surface area contributed by atoms with Crippen molar-refractivity contribution in [2.75, 3.05) is 13.1 Å². The Morgan fingerprint density at radius 2 is 2.00 bits per heavy atom. The molecule has 26 heavy (non-hydrogen) atoms. The Morgan fingerprint density at radius 1 is 1.27 bits per heavy atom. The van der Waals surface area contributed by atoms with Crippen LogP contribution in [-0.2, 0) is 11.8 Å². The molecular weight excluding hydrogens is 328 g/mol. The van der Waals surface area contributed by atoms with Gasteiger partial charge in [0.05, 0.1) is 5.69 Å². The number of benzene rings is 1. The minimum Gasteiger partial charge on any atom is -0.342 e. The third-order valence-corrected chi connectivity index (χ3v) is 5.04. The number of carbonyl (C=O) groups excluding carboxylic acids is 1. The summed E-state index contributed by atoms with van der Waals surface area (Å²) in [5, 5.41) is 4.51. The van der Waals surface area contributed by atoms with Gasteiger partial charge in [0.25, 0.3) is 0 Å². The van der Waals surface area contributed by atoms with Gasteiger partial charge in [0.2, 0.25) is 5.91 Å². The molecule has 1 amide bonds. The van der Waals surface area contributed by atoms with Gasteiger partial charge >= 0.3 is 5.69 Å². The van der Waals surface area contributed by atoms with Crippen LogP contribution in [0.15, 0.2) is 35.1 Å². The maximum atomic E-state index is 12.6. The summed E-state index contributed by atoms with van der Waals surface area (Å²) in [7, 11) is 1.68. The van der Waals surface area contributed by atoms with Crippen LogP contribution in [0.1, 0.15) is 51.3 Å². The highest BCUT2D eigenvalue weighted by atomic mass is 16.2. The fraction of sp³-hybridized carbons (Fsp3) is 0.550. The number of para-hydroxylation sites is 1. The van der Waals surface area contributed by atoms with Gasteiger partial charge in [0, 0.05) is 32.5 Å². The molecule has 0 radical (unpaired) electrons. The number of hydrogen-bond donors (Lipinski definition) is 0. The van der Waals surface area contributed by atoms with Gasteiger partial charge in [-0.25, -0.2) is 14.0 Å². The van der Waals surface area contributed by atoms with Crippen LogP contribution < -0.4 is 5.69 Å². The van der Waals surface area contributed by atoms with Crippen molar-refractivity contribution in [1.82, 2.24) is 19.2 Å². The molecule has 1 aromatic heterocycles. The molecule has 0 N–H and O–H groups in total. The van der Waals surface area contributed by atoms with Gasteiger partial charge in [0.1, 0.15) is 5.82 Å². The molecule has 3 rings (SSSR count). The predicted octanol–water partition coefficient (Wildman–Crippen LogP) is 2.71. The second-order valence-electron chi connectivity index (χ2n) is 7.55. The molecule has 2 heterocycles. The molecule has 140 valence electrons. The standard InChI is InChI=1S/C20H28N4O2/c1-15(2)11-12-18(25)23-13-7-8-16(14-23)19-21-22(3)20(26)24(19)17-9-5-4-6-10-17/h4-6,9-10,15-16H,7-8,11-14H2,1-3H3. The summed E-state index contributed by atoms with van der Waals surface area (Å²) in [6, 6.07) is 9.60. The molecule has 2 aromatic rings. The molecule has 6 heteroatoms. The Labute approximate surface area is 154 Å². The first-order chi connectivity index (χ1) is 12.5. The Kier molecular flexibility index (Phi) is 5.59. The Bertz CT molecular complexity index is 807. The van der Waals surface area contributed by atoms with E-state index in [4.69, 9.17) is 0 Å². The normalized spacial score (nSPS) is 17.7. The first-order valence-corrected chi connectivity index (χ1v) is 9.46. The third-order valence-electron chi connectivity index (χ3n) is 5.04. The van der Waals surface area contributed by atoms with Crippen molar-refractivity contribution >= 4 is 5.91 Å². The molecule has 1 saturated heterocycles. The van der Waals surface area contributed by atoms with Crippen molar-refractivity contribution in [3.63, 3.8) is 0 Å². The second-order valence-corrected chi connectivity index (χ2v) is 7.55. The molecular formula is C20H28N4O2. The number of aryl methyl sites for hydroxylation is 1. The van der Waals surface area contributed by atoms with E-state index in [1.165, 1.54) is 4.68 Å². The fourth-order valence-corrected chi connectivity index (χ4v) is 3.55. The Hall–Kier alpha value is -2.37. The number of likely N-dealkylation sites (tertiary alicyclic amines) is 1. The van der Waals surface area contributed by atoms with Crippen LogP contribution in [0.3, 0.4) is 0 Å². The molecule has 1 aromatic carbocycles. The summed E-state index contributed by atoms with van der Waals surface area (Å²) < 4.78 is 3.08. The van der Waals surface area contributed by atoms with Gasteiger partial charge in [0.15, 0.2) is 0 Å². The highest BCUT2D eigenvalue weighted by Crippen LogP contribution is 2.27. The minimum absolute atomic E-state index is 0.0841. The molecule has 0 aliphatic carbocycles. The molecule has 0 bridgehead atoms. The lowest BCUT2D eigenvalue weighted by Crippen LogP contribution is -2.40. The second kappa shape index (κ2) is 7.89. The molecule has 0 spiro atoms. The van der Waals surface area contributed by atoms with Crippen LogP contribution in [0, 0.1) is 5.92 Å². The lowest BCUT2D eigenvalue weighted by atomic mass is 9.96. The maximum absolute atomic E-state index is 12.6. The third kappa shape index (κ3) is 3.89. The largest absolute Gasteiger partial charge is 0.350 e. The zero-order chi connectivity index (χ0) is 18.7. The van der Waals surface area contributed by atoms with Crippen LogP contribution in [0.5, 0.6) is 0 Å². The zero-order valence-electron chi connectivity index (χ0n) is 15.9. The van der Waals surface area contributed by atoms with Crippen LogP contribution >= 0.6 is 0 Å². The van der Waals surface area contributed by atoms with Crippen molar-refractivity contribution in [3.8, 4) is 5.69 Å². The van der Waals surface area contributed by atoms with E-state index in [-0.39, 0.29) is 17.5 Å². The monoisotopic (exact) mass is 356 g/mol. The van der Waals surface area contributed by atoms with Gasteiger partial charge in [-0.2, -0.15) is 5.10 Å². The molecule has 6 nitrogen and oxygen atoms in total. The van der Waals surface area contributed by atoms with E-state index in [0.29, 0.717) is 18.9 Å². The van der Waals surface area contributed by atoms with Crippen molar-refractivity contribution in [2.45, 2.75) is 45.4 Å². The fourth-order valence-electron chi connectivity index (χ4n) is 3.55. The van der Waals surface area contributed by atoms with E-state index in [1.54, 1.807) is 11.6 Å². The van der Waals surface area contributed by atoms with Crippen molar-refractivity contribution < 1.29 is 4.79 Å². The predicted molar refractivity (Wildman–Crippen MR) is 101 cm³/mol. The minimum atomic E-state index is -0.144. The summed E-state index contributed by atoms with van der Waals surface area (Å²) in [5.41, 5.74) is 0.679. The maximum Gasteiger partial charge on any atom is 0.350 e. The summed E-state index contributed by atoms with van der Waals surface area (Å²) in [6.07, 6.45) is 3.39. The van der Waals surface area contributed by atoms with Crippen LogP contribution in [0.25, 0.3) is 5.69 Å². The first kappa shape index (κ1) is 18.4. The molecule has 1 fully saturated rings. The van der Waals surface area contributed by atoms with Crippen LogP contribution in [-0.4, -0.2) is 38.2 Å². The summed E-state index contributed by atoms with van der Waals surface area (Å²) in [4.78, 5) is 27.1. The number of nitrogens with zero attached hydrogens (tertiary/aromatic N) is 4. The van der Waals surface area contributed by atoms with Gasteiger partial charge in [-0.05, 0) is 37.3 Å². The molecule has 0 saturated carbocycles. The van der Waals surface area contributed by atoms with E-state index in [9.17, 15) is 9.59 Å². The van der Waals surface area contributed by atoms with E-state index in [0.717, 1.165) is 37.3 Å². The Balaban J connectivity index is 1.84. The molecule has 1 aliphatic rings. The molecule has 1 atom stereocenters. The van der Waals surface area contributed by atoms with Gasteiger partial charge in [-0.3, -0.25) is 4.79 Å². The summed E-state index contributed by atoms with van der Waals surface area (Å²) >= 11 is 0. The van der Waals surface area contributed by atoms with Crippen molar-refractivity contribution in [3.05, 3.63) is 46.6 Å². The zero-order valence-corrected chi connectivity index (χ0v) is 15.9.